The summed E-state index contributed by atoms with van der Waals surface area (Å²) in [5.74, 6) is -0.840. The summed E-state index contributed by atoms with van der Waals surface area (Å²) in [7, 11) is -4.21. The van der Waals surface area contributed by atoms with Crippen molar-refractivity contribution in [2.45, 2.75) is 10.9 Å². The first-order valence-corrected chi connectivity index (χ1v) is 7.32. The van der Waals surface area contributed by atoms with Gasteiger partial charge in [-0.25, -0.2) is 12.8 Å². The summed E-state index contributed by atoms with van der Waals surface area (Å²) in [5, 5.41) is 17.9. The summed E-state index contributed by atoms with van der Waals surface area (Å²) < 4.78 is 45.2. The molecule has 2 N–H and O–H groups in total. The zero-order chi connectivity index (χ0) is 15.5. The van der Waals surface area contributed by atoms with Crippen LogP contribution >= 0.6 is 0 Å². The van der Waals surface area contributed by atoms with Crippen molar-refractivity contribution in [1.29, 1.82) is 5.26 Å². The number of hydrogen-bond acceptors (Lipinski definition) is 5. The number of nitrogens with zero attached hydrogens (tertiary/aromatic N) is 1. The van der Waals surface area contributed by atoms with E-state index in [1.165, 1.54) is 24.5 Å². The summed E-state index contributed by atoms with van der Waals surface area (Å²) >= 11 is 0. The van der Waals surface area contributed by atoms with Crippen LogP contribution in [0.2, 0.25) is 0 Å². The molecular weight excluding hydrogens is 299 g/mol. The van der Waals surface area contributed by atoms with Gasteiger partial charge >= 0.3 is 0 Å². The monoisotopic (exact) mass is 310 g/mol. The Bertz CT molecular complexity index is 766. The maximum Gasteiger partial charge on any atom is 0.244 e. The Labute approximate surface area is 120 Å². The first-order valence-electron chi connectivity index (χ1n) is 5.84. The number of aliphatic hydroxyl groups excluding tert-OH is 1. The Balaban J connectivity index is 2.32. The molecule has 0 bridgehead atoms. The number of nitrogens with one attached hydrogen (secondary N) is 1. The van der Waals surface area contributed by atoms with Crippen molar-refractivity contribution in [3.63, 3.8) is 0 Å². The minimum Gasteiger partial charge on any atom is -0.468 e. The second-order valence-electron chi connectivity index (χ2n) is 4.13. The molecule has 1 aromatic heterocycles. The van der Waals surface area contributed by atoms with Gasteiger partial charge in [-0.1, -0.05) is 0 Å². The largest absolute Gasteiger partial charge is 0.468 e. The highest BCUT2D eigenvalue weighted by atomic mass is 32.2. The molecule has 0 saturated carbocycles. The lowest BCUT2D eigenvalue weighted by atomic mass is 10.2. The minimum atomic E-state index is -4.21. The number of furan rings is 1. The van der Waals surface area contributed by atoms with Crippen molar-refractivity contribution in [2.75, 3.05) is 6.61 Å². The highest BCUT2D eigenvalue weighted by molar-refractivity contribution is 7.89. The second-order valence-corrected chi connectivity index (χ2v) is 5.81. The highest BCUT2D eigenvalue weighted by Gasteiger charge is 2.25. The van der Waals surface area contributed by atoms with Gasteiger partial charge in [0.2, 0.25) is 10.0 Å². The van der Waals surface area contributed by atoms with Crippen LogP contribution < -0.4 is 4.72 Å². The number of halogens is 1. The summed E-state index contributed by atoms with van der Waals surface area (Å²) in [6.07, 6.45) is 1.33. The summed E-state index contributed by atoms with van der Waals surface area (Å²) in [5.41, 5.74) is 0.0104. The predicted molar refractivity (Wildman–Crippen MR) is 70.0 cm³/mol. The first kappa shape index (κ1) is 15.2. The van der Waals surface area contributed by atoms with Gasteiger partial charge < -0.3 is 9.52 Å². The predicted octanol–water partition coefficient (Wildman–Crippen LogP) is 1.30. The molecule has 1 aromatic carbocycles. The first-order chi connectivity index (χ1) is 9.97. The van der Waals surface area contributed by atoms with Gasteiger partial charge in [0.25, 0.3) is 0 Å². The molecule has 2 rings (SSSR count). The lowest BCUT2D eigenvalue weighted by Gasteiger charge is -2.14. The Morgan fingerprint density at radius 2 is 2.19 bits per heavy atom. The second kappa shape index (κ2) is 6.05. The van der Waals surface area contributed by atoms with E-state index >= 15 is 0 Å². The average Bonchev–Trinajstić information content (AvgIpc) is 2.98. The zero-order valence-electron chi connectivity index (χ0n) is 10.7. The Kier molecular flexibility index (Phi) is 4.37. The molecule has 0 aliphatic heterocycles. The molecule has 1 atom stereocenters. The Morgan fingerprint density at radius 3 is 2.71 bits per heavy atom. The number of sulfonamides is 1. The molecule has 0 aliphatic carbocycles. The topological polar surface area (TPSA) is 103 Å². The SMILES string of the molecule is N#Cc1ccc(S(=O)(=O)NC(CO)c2ccco2)c(F)c1. The summed E-state index contributed by atoms with van der Waals surface area (Å²) in [6.45, 7) is -0.551. The van der Waals surface area contributed by atoms with Gasteiger partial charge in [-0.15, -0.1) is 0 Å². The molecule has 0 saturated heterocycles. The van der Waals surface area contributed by atoms with E-state index < -0.39 is 33.4 Å². The van der Waals surface area contributed by atoms with Crippen LogP contribution in [0.15, 0.2) is 45.9 Å². The third kappa shape index (κ3) is 3.28. The van der Waals surface area contributed by atoms with E-state index in [4.69, 9.17) is 9.68 Å². The molecule has 6 nitrogen and oxygen atoms in total. The van der Waals surface area contributed by atoms with Crippen molar-refractivity contribution in [3.8, 4) is 6.07 Å². The number of benzene rings is 1. The summed E-state index contributed by atoms with van der Waals surface area (Å²) in [6, 6.07) is 6.72. The third-order valence-corrected chi connectivity index (χ3v) is 4.22. The van der Waals surface area contributed by atoms with Gasteiger partial charge in [-0.05, 0) is 30.3 Å². The quantitative estimate of drug-likeness (QED) is 0.866. The molecule has 21 heavy (non-hydrogen) atoms. The van der Waals surface area contributed by atoms with E-state index in [-0.39, 0.29) is 11.3 Å². The van der Waals surface area contributed by atoms with Gasteiger partial charge in [0, 0.05) is 0 Å². The van der Waals surface area contributed by atoms with E-state index in [0.29, 0.717) is 0 Å². The normalized spacial score (nSPS) is 12.8. The molecule has 1 heterocycles. The lowest BCUT2D eigenvalue weighted by molar-refractivity contribution is 0.241. The number of rotatable bonds is 5. The number of hydrogen-bond donors (Lipinski definition) is 2. The van der Waals surface area contributed by atoms with E-state index in [1.54, 1.807) is 6.07 Å². The van der Waals surface area contributed by atoms with Crippen LogP contribution in [0.1, 0.15) is 17.4 Å². The molecule has 0 fully saturated rings. The smallest absolute Gasteiger partial charge is 0.244 e. The van der Waals surface area contributed by atoms with Crippen molar-refractivity contribution in [1.82, 2.24) is 4.72 Å². The van der Waals surface area contributed by atoms with Crippen molar-refractivity contribution < 1.29 is 22.3 Å². The van der Waals surface area contributed by atoms with E-state index in [1.807, 2.05) is 0 Å². The van der Waals surface area contributed by atoms with Crippen LogP contribution in [0.3, 0.4) is 0 Å². The van der Waals surface area contributed by atoms with E-state index in [0.717, 1.165) is 12.1 Å². The van der Waals surface area contributed by atoms with Gasteiger partial charge in [0.05, 0.1) is 24.5 Å². The van der Waals surface area contributed by atoms with Crippen LogP contribution in [-0.4, -0.2) is 20.1 Å². The summed E-state index contributed by atoms with van der Waals surface area (Å²) in [4.78, 5) is -0.605. The molecule has 0 radical (unpaired) electrons. The van der Waals surface area contributed by atoms with Crippen LogP contribution in [-0.2, 0) is 10.0 Å². The molecular formula is C13H11FN2O4S. The van der Waals surface area contributed by atoms with Gasteiger partial charge in [-0.2, -0.15) is 9.98 Å². The molecule has 110 valence electrons. The highest BCUT2D eigenvalue weighted by Crippen LogP contribution is 2.20. The van der Waals surface area contributed by atoms with Gasteiger partial charge in [0.15, 0.2) is 0 Å². The van der Waals surface area contributed by atoms with E-state index in [9.17, 15) is 17.9 Å². The maximum atomic E-state index is 13.8. The Morgan fingerprint density at radius 1 is 1.43 bits per heavy atom. The van der Waals surface area contributed by atoms with Crippen molar-refractivity contribution >= 4 is 10.0 Å². The maximum absolute atomic E-state index is 13.8. The molecule has 2 aromatic rings. The fourth-order valence-electron chi connectivity index (χ4n) is 1.71. The van der Waals surface area contributed by atoms with Crippen LogP contribution in [0.5, 0.6) is 0 Å². The van der Waals surface area contributed by atoms with E-state index in [2.05, 4.69) is 4.72 Å². The van der Waals surface area contributed by atoms with Crippen molar-refractivity contribution in [2.24, 2.45) is 0 Å². The molecule has 1 unspecified atom stereocenters. The number of nitriles is 1. The average molecular weight is 310 g/mol. The lowest BCUT2D eigenvalue weighted by Crippen LogP contribution is -2.31. The molecule has 8 heteroatoms. The fourth-order valence-corrected chi connectivity index (χ4v) is 2.97. The van der Waals surface area contributed by atoms with Gasteiger partial charge in [-0.3, -0.25) is 0 Å². The molecule has 0 spiro atoms. The zero-order valence-corrected chi connectivity index (χ0v) is 11.5. The minimum absolute atomic E-state index is 0.0104. The van der Waals surface area contributed by atoms with Crippen LogP contribution in [0.25, 0.3) is 0 Å². The van der Waals surface area contributed by atoms with Crippen molar-refractivity contribution in [3.05, 3.63) is 53.7 Å². The molecule has 0 aliphatic rings. The van der Waals surface area contributed by atoms with Crippen LogP contribution in [0.4, 0.5) is 4.39 Å². The Hall–Kier alpha value is -2.21. The third-order valence-electron chi connectivity index (χ3n) is 2.72. The number of aliphatic hydroxyl groups is 1. The van der Waals surface area contributed by atoms with Crippen LogP contribution in [0, 0.1) is 17.1 Å². The fraction of sp³-hybridized carbons (Fsp3) is 0.154. The molecule has 0 amide bonds. The van der Waals surface area contributed by atoms with Gasteiger partial charge in [0.1, 0.15) is 22.5 Å². The standard InChI is InChI=1S/C13H11FN2O4S/c14-10-6-9(7-15)3-4-13(10)21(18,19)16-11(8-17)12-2-1-5-20-12/h1-6,11,16-17H,8H2.